The SMILES string of the molecule is CNC(=O)c1ccc(NC(C)CC(N)=O)c([N+](=O)[O-])c1. The van der Waals surface area contributed by atoms with Crippen molar-refractivity contribution in [3.05, 3.63) is 33.9 Å². The van der Waals surface area contributed by atoms with Crippen LogP contribution < -0.4 is 16.4 Å². The lowest BCUT2D eigenvalue weighted by Gasteiger charge is -2.14. The number of nitrogens with zero attached hydrogens (tertiary/aromatic N) is 1. The van der Waals surface area contributed by atoms with E-state index in [1.54, 1.807) is 6.92 Å². The van der Waals surface area contributed by atoms with Crippen molar-refractivity contribution in [2.24, 2.45) is 5.73 Å². The number of amides is 2. The molecule has 0 aliphatic rings. The molecule has 0 aliphatic heterocycles. The third-order valence-corrected chi connectivity index (χ3v) is 2.59. The molecule has 0 heterocycles. The van der Waals surface area contributed by atoms with Crippen LogP contribution in [0.25, 0.3) is 0 Å². The molecular formula is C12H16N4O4. The first-order valence-electron chi connectivity index (χ1n) is 5.90. The van der Waals surface area contributed by atoms with Crippen molar-refractivity contribution < 1.29 is 14.5 Å². The Kier molecular flexibility index (Phi) is 5.01. The van der Waals surface area contributed by atoms with E-state index >= 15 is 0 Å². The molecule has 1 atom stereocenters. The van der Waals surface area contributed by atoms with Gasteiger partial charge in [-0.25, -0.2) is 0 Å². The molecule has 1 unspecified atom stereocenters. The molecule has 8 heteroatoms. The van der Waals surface area contributed by atoms with Crippen LogP contribution in [-0.4, -0.2) is 29.8 Å². The van der Waals surface area contributed by atoms with Gasteiger partial charge in [0.2, 0.25) is 5.91 Å². The number of primary amides is 1. The number of carbonyl (C=O) groups is 2. The number of anilines is 1. The normalized spacial score (nSPS) is 11.5. The number of hydrogen-bond donors (Lipinski definition) is 3. The molecule has 4 N–H and O–H groups in total. The quantitative estimate of drug-likeness (QED) is 0.520. The number of hydrogen-bond acceptors (Lipinski definition) is 5. The number of rotatable bonds is 6. The molecule has 1 aromatic carbocycles. The van der Waals surface area contributed by atoms with Gasteiger partial charge in [0.25, 0.3) is 11.6 Å². The van der Waals surface area contributed by atoms with Gasteiger partial charge in [-0.3, -0.25) is 19.7 Å². The molecule has 8 nitrogen and oxygen atoms in total. The Balaban J connectivity index is 3.04. The molecule has 0 bridgehead atoms. The predicted octanol–water partition coefficient (Wildman–Crippen LogP) is 0.630. The van der Waals surface area contributed by atoms with Crippen molar-refractivity contribution >= 4 is 23.2 Å². The zero-order valence-electron chi connectivity index (χ0n) is 11.2. The van der Waals surface area contributed by atoms with Crippen molar-refractivity contribution in [1.82, 2.24) is 5.32 Å². The largest absolute Gasteiger partial charge is 0.377 e. The summed E-state index contributed by atoms with van der Waals surface area (Å²) >= 11 is 0. The minimum Gasteiger partial charge on any atom is -0.377 e. The van der Waals surface area contributed by atoms with Gasteiger partial charge in [-0.05, 0) is 19.1 Å². The highest BCUT2D eigenvalue weighted by Crippen LogP contribution is 2.26. The molecule has 1 aromatic rings. The molecule has 0 saturated heterocycles. The summed E-state index contributed by atoms with van der Waals surface area (Å²) in [7, 11) is 1.44. The number of benzene rings is 1. The maximum absolute atomic E-state index is 11.5. The van der Waals surface area contributed by atoms with Crippen molar-refractivity contribution in [3.63, 3.8) is 0 Å². The number of nitro benzene ring substituents is 1. The van der Waals surface area contributed by atoms with E-state index in [1.807, 2.05) is 0 Å². The zero-order valence-corrected chi connectivity index (χ0v) is 11.2. The summed E-state index contributed by atoms with van der Waals surface area (Å²) in [5.74, 6) is -0.917. The molecule has 0 spiro atoms. The van der Waals surface area contributed by atoms with E-state index in [4.69, 9.17) is 5.73 Å². The van der Waals surface area contributed by atoms with E-state index in [1.165, 1.54) is 25.2 Å². The Morgan fingerprint density at radius 2 is 2.10 bits per heavy atom. The Hall–Kier alpha value is -2.64. The highest BCUT2D eigenvalue weighted by atomic mass is 16.6. The Morgan fingerprint density at radius 3 is 2.60 bits per heavy atom. The van der Waals surface area contributed by atoms with Gasteiger partial charge in [0.15, 0.2) is 0 Å². The molecule has 1 rings (SSSR count). The van der Waals surface area contributed by atoms with Crippen molar-refractivity contribution in [2.75, 3.05) is 12.4 Å². The van der Waals surface area contributed by atoms with Gasteiger partial charge in [-0.1, -0.05) is 0 Å². The van der Waals surface area contributed by atoms with Crippen molar-refractivity contribution in [3.8, 4) is 0 Å². The first kappa shape index (κ1) is 15.4. The van der Waals surface area contributed by atoms with E-state index in [2.05, 4.69) is 10.6 Å². The van der Waals surface area contributed by atoms with Gasteiger partial charge >= 0.3 is 0 Å². The summed E-state index contributed by atoms with van der Waals surface area (Å²) in [6, 6.07) is 3.72. The van der Waals surface area contributed by atoms with Crippen LogP contribution in [0.15, 0.2) is 18.2 Å². The van der Waals surface area contributed by atoms with Crippen LogP contribution in [0.3, 0.4) is 0 Å². The van der Waals surface area contributed by atoms with Gasteiger partial charge < -0.3 is 16.4 Å². The van der Waals surface area contributed by atoms with Crippen LogP contribution in [0.1, 0.15) is 23.7 Å². The molecule has 0 radical (unpaired) electrons. The summed E-state index contributed by atoms with van der Waals surface area (Å²) in [6.07, 6.45) is 0.0500. The molecule has 108 valence electrons. The molecule has 0 saturated carbocycles. The lowest BCUT2D eigenvalue weighted by atomic mass is 10.1. The average molecular weight is 280 g/mol. The number of nitro groups is 1. The van der Waals surface area contributed by atoms with Gasteiger partial charge in [0.1, 0.15) is 5.69 Å². The first-order valence-corrected chi connectivity index (χ1v) is 5.90. The van der Waals surface area contributed by atoms with Gasteiger partial charge in [0.05, 0.1) is 4.92 Å². The highest BCUT2D eigenvalue weighted by molar-refractivity contribution is 5.95. The molecular weight excluding hydrogens is 264 g/mol. The molecule has 20 heavy (non-hydrogen) atoms. The average Bonchev–Trinajstić information content (AvgIpc) is 2.36. The Morgan fingerprint density at radius 1 is 1.45 bits per heavy atom. The predicted molar refractivity (Wildman–Crippen MR) is 73.4 cm³/mol. The van der Waals surface area contributed by atoms with Crippen LogP contribution in [0.4, 0.5) is 11.4 Å². The smallest absolute Gasteiger partial charge is 0.293 e. The Bertz CT molecular complexity index is 544. The maximum atomic E-state index is 11.5. The molecule has 0 aliphatic carbocycles. The number of nitrogens with one attached hydrogen (secondary N) is 2. The fourth-order valence-corrected chi connectivity index (χ4v) is 1.71. The summed E-state index contributed by atoms with van der Waals surface area (Å²) in [5, 5.41) is 16.3. The van der Waals surface area contributed by atoms with Crippen LogP contribution >= 0.6 is 0 Å². The van der Waals surface area contributed by atoms with Crippen LogP contribution in [0.5, 0.6) is 0 Å². The second kappa shape index (κ2) is 6.50. The highest BCUT2D eigenvalue weighted by Gasteiger charge is 2.18. The molecule has 0 fully saturated rings. The third kappa shape index (κ3) is 3.94. The minimum atomic E-state index is -0.592. The van der Waals surface area contributed by atoms with Crippen molar-refractivity contribution in [2.45, 2.75) is 19.4 Å². The van der Waals surface area contributed by atoms with Gasteiger partial charge in [-0.2, -0.15) is 0 Å². The zero-order chi connectivity index (χ0) is 15.3. The second-order valence-electron chi connectivity index (χ2n) is 4.28. The topological polar surface area (TPSA) is 127 Å². The summed E-state index contributed by atoms with van der Waals surface area (Å²) in [5.41, 5.74) is 5.25. The van der Waals surface area contributed by atoms with E-state index < -0.39 is 16.7 Å². The Labute approximate surface area is 115 Å². The van der Waals surface area contributed by atoms with Crippen LogP contribution in [0, 0.1) is 10.1 Å². The maximum Gasteiger partial charge on any atom is 0.293 e. The number of carbonyl (C=O) groups excluding carboxylic acids is 2. The lowest BCUT2D eigenvalue weighted by Crippen LogP contribution is -2.24. The lowest BCUT2D eigenvalue weighted by molar-refractivity contribution is -0.384. The monoisotopic (exact) mass is 280 g/mol. The van der Waals surface area contributed by atoms with Crippen molar-refractivity contribution in [1.29, 1.82) is 0 Å². The summed E-state index contributed by atoms with van der Waals surface area (Å²) in [6.45, 7) is 1.68. The standard InChI is InChI=1S/C12H16N4O4/c1-7(5-11(13)17)15-9-4-3-8(12(18)14-2)6-10(9)16(19)20/h3-4,6-7,15H,5H2,1-2H3,(H2,13,17)(H,14,18). The number of nitrogens with two attached hydrogens (primary N) is 1. The summed E-state index contributed by atoms with van der Waals surface area (Å²) in [4.78, 5) is 32.7. The third-order valence-electron chi connectivity index (χ3n) is 2.59. The first-order chi connectivity index (χ1) is 9.35. The minimum absolute atomic E-state index is 0.0500. The van der Waals surface area contributed by atoms with E-state index in [9.17, 15) is 19.7 Å². The second-order valence-corrected chi connectivity index (χ2v) is 4.28. The van der Waals surface area contributed by atoms with E-state index in [0.29, 0.717) is 0 Å². The van der Waals surface area contributed by atoms with Gasteiger partial charge in [-0.15, -0.1) is 0 Å². The molecule has 2 amide bonds. The van der Waals surface area contributed by atoms with E-state index in [-0.39, 0.29) is 29.4 Å². The summed E-state index contributed by atoms with van der Waals surface area (Å²) < 4.78 is 0. The van der Waals surface area contributed by atoms with E-state index in [0.717, 1.165) is 0 Å². The fraction of sp³-hybridized carbons (Fsp3) is 0.333. The molecule has 0 aromatic heterocycles. The fourth-order valence-electron chi connectivity index (χ4n) is 1.71. The van der Waals surface area contributed by atoms with Crippen LogP contribution in [0.2, 0.25) is 0 Å². The van der Waals surface area contributed by atoms with Gasteiger partial charge in [0, 0.05) is 31.1 Å². The van der Waals surface area contributed by atoms with Crippen LogP contribution in [-0.2, 0) is 4.79 Å².